The largest absolute Gasteiger partial charge is 0.329 e. The van der Waals surface area contributed by atoms with E-state index in [1.54, 1.807) is 0 Å². The molecule has 2 atom stereocenters. The molecular formula is C8H20N4. The first-order valence-corrected chi connectivity index (χ1v) is 4.66. The van der Waals surface area contributed by atoms with Crippen LogP contribution in [0.5, 0.6) is 0 Å². The summed E-state index contributed by atoms with van der Waals surface area (Å²) in [7, 11) is 0. The molecule has 1 fully saturated rings. The Labute approximate surface area is 74.3 Å². The summed E-state index contributed by atoms with van der Waals surface area (Å²) < 4.78 is 0. The molecule has 0 aromatic rings. The van der Waals surface area contributed by atoms with Gasteiger partial charge < -0.3 is 16.8 Å². The fourth-order valence-electron chi connectivity index (χ4n) is 1.56. The number of nitrogens with zero attached hydrogens (tertiary/aromatic N) is 1. The molecule has 4 heteroatoms. The van der Waals surface area contributed by atoms with Crippen molar-refractivity contribution in [3.8, 4) is 0 Å². The molecule has 1 saturated heterocycles. The monoisotopic (exact) mass is 172 g/mol. The van der Waals surface area contributed by atoms with Gasteiger partial charge in [-0.2, -0.15) is 0 Å². The number of hydrogen-bond acceptors (Lipinski definition) is 4. The molecule has 0 aromatic carbocycles. The topological polar surface area (TPSA) is 67.3 Å². The average molecular weight is 172 g/mol. The van der Waals surface area contributed by atoms with E-state index in [9.17, 15) is 0 Å². The van der Waals surface area contributed by atoms with Crippen LogP contribution >= 0.6 is 0 Å². The van der Waals surface area contributed by atoms with Crippen LogP contribution < -0.4 is 16.8 Å². The molecule has 0 aromatic heterocycles. The van der Waals surface area contributed by atoms with Crippen LogP contribution in [0.15, 0.2) is 0 Å². The van der Waals surface area contributed by atoms with Crippen LogP contribution in [0.2, 0.25) is 0 Å². The number of nitrogens with two attached hydrogens (primary N) is 2. The molecule has 0 bridgehead atoms. The van der Waals surface area contributed by atoms with E-state index in [4.69, 9.17) is 11.5 Å². The van der Waals surface area contributed by atoms with Crippen molar-refractivity contribution in [2.24, 2.45) is 11.5 Å². The second kappa shape index (κ2) is 4.77. The van der Waals surface area contributed by atoms with E-state index in [1.807, 2.05) is 0 Å². The molecular weight excluding hydrogens is 152 g/mol. The maximum absolute atomic E-state index is 5.86. The predicted octanol–water partition coefficient (Wildman–Crippen LogP) is -1.43. The van der Waals surface area contributed by atoms with Gasteiger partial charge in [-0.15, -0.1) is 0 Å². The Morgan fingerprint density at radius 1 is 1.42 bits per heavy atom. The third-order valence-electron chi connectivity index (χ3n) is 2.62. The minimum Gasteiger partial charge on any atom is -0.329 e. The summed E-state index contributed by atoms with van der Waals surface area (Å²) in [4.78, 5) is 2.40. The van der Waals surface area contributed by atoms with Gasteiger partial charge in [0.05, 0.1) is 0 Å². The van der Waals surface area contributed by atoms with Gasteiger partial charge in [-0.1, -0.05) is 0 Å². The zero-order chi connectivity index (χ0) is 8.97. The van der Waals surface area contributed by atoms with Gasteiger partial charge in [0, 0.05) is 44.8 Å². The standard InChI is InChI=1S/C8H20N4/c1-7(8(10)6-9)12-4-2-11-3-5-12/h7-8,11H,2-6,9-10H2,1H3. The lowest BCUT2D eigenvalue weighted by atomic mass is 10.1. The highest BCUT2D eigenvalue weighted by Crippen LogP contribution is 2.02. The van der Waals surface area contributed by atoms with E-state index in [0.29, 0.717) is 12.6 Å². The Bertz CT molecular complexity index is 122. The summed E-state index contributed by atoms with van der Waals surface area (Å²) in [5, 5.41) is 3.31. The lowest BCUT2D eigenvalue weighted by Gasteiger charge is -2.35. The van der Waals surface area contributed by atoms with Crippen LogP contribution in [0.3, 0.4) is 0 Å². The summed E-state index contributed by atoms with van der Waals surface area (Å²) in [5.41, 5.74) is 11.4. The van der Waals surface area contributed by atoms with Crippen molar-refractivity contribution in [3.05, 3.63) is 0 Å². The number of piperazine rings is 1. The lowest BCUT2D eigenvalue weighted by molar-refractivity contribution is 0.164. The van der Waals surface area contributed by atoms with Crippen molar-refractivity contribution in [1.82, 2.24) is 10.2 Å². The van der Waals surface area contributed by atoms with Crippen LogP contribution in [0.1, 0.15) is 6.92 Å². The van der Waals surface area contributed by atoms with Gasteiger partial charge in [0.1, 0.15) is 0 Å². The summed E-state index contributed by atoms with van der Waals surface area (Å²) in [5.74, 6) is 0. The first-order chi connectivity index (χ1) is 5.75. The maximum Gasteiger partial charge on any atom is 0.0318 e. The SMILES string of the molecule is CC(C(N)CN)N1CCNCC1. The molecule has 72 valence electrons. The third-order valence-corrected chi connectivity index (χ3v) is 2.62. The number of hydrogen-bond donors (Lipinski definition) is 3. The second-order valence-corrected chi connectivity index (χ2v) is 3.43. The zero-order valence-electron chi connectivity index (χ0n) is 7.79. The molecule has 1 aliphatic rings. The van der Waals surface area contributed by atoms with Gasteiger partial charge in [0.15, 0.2) is 0 Å². The highest BCUT2D eigenvalue weighted by molar-refractivity contribution is 4.81. The molecule has 1 heterocycles. The molecule has 2 unspecified atom stereocenters. The van der Waals surface area contributed by atoms with Gasteiger partial charge in [-0.3, -0.25) is 4.90 Å². The molecule has 1 rings (SSSR count). The van der Waals surface area contributed by atoms with Crippen molar-refractivity contribution in [2.75, 3.05) is 32.7 Å². The highest BCUT2D eigenvalue weighted by Gasteiger charge is 2.20. The van der Waals surface area contributed by atoms with Crippen LogP contribution in [0.25, 0.3) is 0 Å². The van der Waals surface area contributed by atoms with Crippen molar-refractivity contribution in [2.45, 2.75) is 19.0 Å². The van der Waals surface area contributed by atoms with Crippen molar-refractivity contribution in [3.63, 3.8) is 0 Å². The maximum atomic E-state index is 5.86. The zero-order valence-corrected chi connectivity index (χ0v) is 7.79. The molecule has 0 aliphatic carbocycles. The van der Waals surface area contributed by atoms with E-state index in [2.05, 4.69) is 17.1 Å². The molecule has 12 heavy (non-hydrogen) atoms. The minimum atomic E-state index is 0.114. The first-order valence-electron chi connectivity index (χ1n) is 4.66. The van der Waals surface area contributed by atoms with E-state index in [1.165, 1.54) is 0 Å². The summed E-state index contributed by atoms with van der Waals surface area (Å²) in [6, 6.07) is 0.528. The van der Waals surface area contributed by atoms with Gasteiger partial charge in [-0.05, 0) is 6.92 Å². The van der Waals surface area contributed by atoms with Crippen molar-refractivity contribution < 1.29 is 0 Å². The fourth-order valence-corrected chi connectivity index (χ4v) is 1.56. The molecule has 5 N–H and O–H groups in total. The Kier molecular flexibility index (Phi) is 3.94. The summed E-state index contributed by atoms with van der Waals surface area (Å²) in [6.45, 7) is 7.06. The van der Waals surface area contributed by atoms with Crippen molar-refractivity contribution in [1.29, 1.82) is 0 Å². The van der Waals surface area contributed by atoms with Gasteiger partial charge in [-0.25, -0.2) is 0 Å². The molecule has 0 saturated carbocycles. The normalized spacial score (nSPS) is 25.2. The Morgan fingerprint density at radius 2 is 2.00 bits per heavy atom. The van der Waals surface area contributed by atoms with Crippen LogP contribution in [0.4, 0.5) is 0 Å². The lowest BCUT2D eigenvalue weighted by Crippen LogP contribution is -2.55. The minimum absolute atomic E-state index is 0.114. The predicted molar refractivity (Wildman–Crippen MR) is 50.9 cm³/mol. The molecule has 0 amide bonds. The smallest absolute Gasteiger partial charge is 0.0318 e. The van der Waals surface area contributed by atoms with E-state index in [0.717, 1.165) is 26.2 Å². The fraction of sp³-hybridized carbons (Fsp3) is 1.00. The van der Waals surface area contributed by atoms with Crippen LogP contribution in [-0.4, -0.2) is 49.7 Å². The number of nitrogens with one attached hydrogen (secondary N) is 1. The quantitative estimate of drug-likeness (QED) is 0.488. The van der Waals surface area contributed by atoms with Crippen LogP contribution in [-0.2, 0) is 0 Å². The van der Waals surface area contributed by atoms with Crippen LogP contribution in [0, 0.1) is 0 Å². The second-order valence-electron chi connectivity index (χ2n) is 3.43. The first kappa shape index (κ1) is 9.92. The highest BCUT2D eigenvalue weighted by atomic mass is 15.2. The molecule has 0 spiro atoms. The summed E-state index contributed by atoms with van der Waals surface area (Å²) in [6.07, 6.45) is 0. The van der Waals surface area contributed by atoms with Gasteiger partial charge >= 0.3 is 0 Å². The third kappa shape index (κ3) is 2.42. The average Bonchev–Trinajstić information content (AvgIpc) is 2.17. The Balaban J connectivity index is 2.33. The number of rotatable bonds is 3. The van der Waals surface area contributed by atoms with Crippen molar-refractivity contribution >= 4 is 0 Å². The Morgan fingerprint density at radius 3 is 2.50 bits per heavy atom. The summed E-state index contributed by atoms with van der Waals surface area (Å²) >= 11 is 0. The van der Waals surface area contributed by atoms with E-state index in [-0.39, 0.29) is 6.04 Å². The van der Waals surface area contributed by atoms with E-state index < -0.39 is 0 Å². The van der Waals surface area contributed by atoms with Gasteiger partial charge in [0.2, 0.25) is 0 Å². The molecule has 4 nitrogen and oxygen atoms in total. The van der Waals surface area contributed by atoms with Gasteiger partial charge in [0.25, 0.3) is 0 Å². The van der Waals surface area contributed by atoms with E-state index >= 15 is 0 Å². The molecule has 0 radical (unpaired) electrons. The molecule has 1 aliphatic heterocycles. The Hall–Kier alpha value is -0.160.